The highest BCUT2D eigenvalue weighted by molar-refractivity contribution is 7.99. The molecule has 114 valence electrons. The maximum absolute atomic E-state index is 12.0. The van der Waals surface area contributed by atoms with Gasteiger partial charge in [0.1, 0.15) is 6.04 Å². The Hall–Kier alpha value is -1.53. The molecule has 1 heterocycles. The van der Waals surface area contributed by atoms with Crippen LogP contribution in [0.1, 0.15) is 12.0 Å². The second-order valence-corrected chi connectivity index (χ2v) is 6.23. The number of carbonyl (C=O) groups is 2. The average molecular weight is 308 g/mol. The Morgan fingerprint density at radius 3 is 2.76 bits per heavy atom. The second-order valence-electron chi connectivity index (χ2n) is 5.08. The number of carbonyl (C=O) groups excluding carboxylic acids is 1. The minimum Gasteiger partial charge on any atom is -0.480 e. The van der Waals surface area contributed by atoms with Crippen LogP contribution < -0.4 is 10.6 Å². The van der Waals surface area contributed by atoms with Gasteiger partial charge in [-0.3, -0.25) is 4.79 Å². The zero-order valence-electron chi connectivity index (χ0n) is 11.7. The molecule has 0 aromatic heterocycles. The van der Waals surface area contributed by atoms with E-state index in [0.29, 0.717) is 12.8 Å². The molecule has 1 aromatic carbocycles. The number of aliphatic carboxylic acids is 1. The molecular formula is C15H20N2O3S. The van der Waals surface area contributed by atoms with E-state index in [1.807, 2.05) is 42.1 Å². The summed E-state index contributed by atoms with van der Waals surface area (Å²) in [5.74, 6) is 0.741. The molecule has 2 unspecified atom stereocenters. The Balaban J connectivity index is 1.86. The van der Waals surface area contributed by atoms with Crippen LogP contribution in [0, 0.1) is 0 Å². The van der Waals surface area contributed by atoms with Crippen molar-refractivity contribution < 1.29 is 14.7 Å². The van der Waals surface area contributed by atoms with Gasteiger partial charge in [-0.25, -0.2) is 4.79 Å². The van der Waals surface area contributed by atoms with E-state index >= 15 is 0 Å². The first-order chi connectivity index (χ1) is 10.1. The molecule has 3 N–H and O–H groups in total. The number of carboxylic acids is 1. The van der Waals surface area contributed by atoms with Crippen molar-refractivity contribution in [3.63, 3.8) is 0 Å². The summed E-state index contributed by atoms with van der Waals surface area (Å²) in [6.07, 6.45) is 0.625. The van der Waals surface area contributed by atoms with Gasteiger partial charge in [0.2, 0.25) is 5.91 Å². The molecule has 5 nitrogen and oxygen atoms in total. The maximum atomic E-state index is 12.0. The van der Waals surface area contributed by atoms with E-state index in [1.165, 1.54) is 0 Å². The minimum absolute atomic E-state index is 0.134. The number of carboxylic acid groups (broad SMARTS) is 1. The molecule has 0 aliphatic carbocycles. The Morgan fingerprint density at radius 2 is 2.14 bits per heavy atom. The van der Waals surface area contributed by atoms with Crippen LogP contribution >= 0.6 is 11.8 Å². The van der Waals surface area contributed by atoms with Gasteiger partial charge in [0.05, 0.1) is 0 Å². The standard InChI is InChI=1S/C15H20N2O3S/c18-14(9-12-10-21-7-6-16-12)17-13(15(19)20)8-11-4-2-1-3-5-11/h1-5,12-13,16H,6-10H2,(H,17,18)(H,19,20). The third-order valence-corrected chi connectivity index (χ3v) is 4.48. The van der Waals surface area contributed by atoms with E-state index in [2.05, 4.69) is 10.6 Å². The largest absolute Gasteiger partial charge is 0.480 e. The Labute approximate surface area is 128 Å². The van der Waals surface area contributed by atoms with Crippen LogP contribution in [0.5, 0.6) is 0 Å². The van der Waals surface area contributed by atoms with Crippen molar-refractivity contribution in [3.8, 4) is 0 Å². The number of rotatable bonds is 6. The van der Waals surface area contributed by atoms with Gasteiger partial charge in [-0.15, -0.1) is 0 Å². The predicted octanol–water partition coefficient (Wildman–Crippen LogP) is 0.894. The molecule has 1 aromatic rings. The summed E-state index contributed by atoms with van der Waals surface area (Å²) >= 11 is 1.81. The highest BCUT2D eigenvalue weighted by Gasteiger charge is 2.23. The maximum Gasteiger partial charge on any atom is 0.326 e. The third kappa shape index (κ3) is 5.40. The number of nitrogens with one attached hydrogen (secondary N) is 2. The number of benzene rings is 1. The molecule has 21 heavy (non-hydrogen) atoms. The van der Waals surface area contributed by atoms with Crippen molar-refractivity contribution in [2.45, 2.75) is 24.9 Å². The first-order valence-electron chi connectivity index (χ1n) is 7.02. The fraction of sp³-hybridized carbons (Fsp3) is 0.467. The van der Waals surface area contributed by atoms with E-state index in [4.69, 9.17) is 0 Å². The van der Waals surface area contributed by atoms with Gasteiger partial charge in [-0.05, 0) is 5.56 Å². The minimum atomic E-state index is -1.00. The molecule has 1 aliphatic rings. The van der Waals surface area contributed by atoms with E-state index in [9.17, 15) is 14.7 Å². The number of thioether (sulfide) groups is 1. The molecule has 0 radical (unpaired) electrons. The molecule has 6 heteroatoms. The van der Waals surface area contributed by atoms with E-state index in [1.54, 1.807) is 0 Å². The molecule has 0 spiro atoms. The van der Waals surface area contributed by atoms with Crippen molar-refractivity contribution >= 4 is 23.6 Å². The zero-order chi connectivity index (χ0) is 15.1. The SMILES string of the molecule is O=C(CC1CSCCN1)NC(Cc1ccccc1)C(=O)O. The summed E-state index contributed by atoms with van der Waals surface area (Å²) in [5.41, 5.74) is 0.900. The summed E-state index contributed by atoms with van der Waals surface area (Å²) in [6, 6.07) is 8.58. The fourth-order valence-corrected chi connectivity index (χ4v) is 3.23. The van der Waals surface area contributed by atoms with E-state index < -0.39 is 12.0 Å². The van der Waals surface area contributed by atoms with Crippen molar-refractivity contribution in [2.75, 3.05) is 18.1 Å². The van der Waals surface area contributed by atoms with Crippen LogP contribution in [0.2, 0.25) is 0 Å². The first-order valence-corrected chi connectivity index (χ1v) is 8.18. The van der Waals surface area contributed by atoms with Crippen molar-refractivity contribution in [1.82, 2.24) is 10.6 Å². The van der Waals surface area contributed by atoms with Crippen LogP contribution in [0.3, 0.4) is 0 Å². The molecular weight excluding hydrogens is 288 g/mol. The lowest BCUT2D eigenvalue weighted by Crippen LogP contribution is -2.46. The van der Waals surface area contributed by atoms with Crippen LogP contribution in [0.15, 0.2) is 30.3 Å². The summed E-state index contributed by atoms with van der Waals surface area (Å²) in [5, 5.41) is 15.2. The van der Waals surface area contributed by atoms with Gasteiger partial charge in [0.25, 0.3) is 0 Å². The van der Waals surface area contributed by atoms with E-state index in [0.717, 1.165) is 23.6 Å². The summed E-state index contributed by atoms with van der Waals surface area (Å²) in [4.78, 5) is 23.3. The van der Waals surface area contributed by atoms with Crippen molar-refractivity contribution in [1.29, 1.82) is 0 Å². The Morgan fingerprint density at radius 1 is 1.38 bits per heavy atom. The van der Waals surface area contributed by atoms with Gasteiger partial charge in [0, 0.05) is 36.9 Å². The molecule has 2 atom stereocenters. The Bertz CT molecular complexity index is 475. The lowest BCUT2D eigenvalue weighted by Gasteiger charge is -2.23. The fourth-order valence-electron chi connectivity index (χ4n) is 2.28. The molecule has 1 fully saturated rings. The Kier molecular flexibility index (Phi) is 6.07. The van der Waals surface area contributed by atoms with Gasteiger partial charge >= 0.3 is 5.97 Å². The molecule has 1 aliphatic heterocycles. The van der Waals surface area contributed by atoms with Gasteiger partial charge in [-0.1, -0.05) is 30.3 Å². The molecule has 1 amide bonds. The van der Waals surface area contributed by atoms with E-state index in [-0.39, 0.29) is 11.9 Å². The normalized spacial score (nSPS) is 19.7. The lowest BCUT2D eigenvalue weighted by atomic mass is 10.1. The number of hydrogen-bond donors (Lipinski definition) is 3. The summed E-state index contributed by atoms with van der Waals surface area (Å²) in [6.45, 7) is 0.898. The predicted molar refractivity (Wildman–Crippen MR) is 83.4 cm³/mol. The van der Waals surface area contributed by atoms with Crippen molar-refractivity contribution in [2.24, 2.45) is 0 Å². The van der Waals surface area contributed by atoms with Crippen molar-refractivity contribution in [3.05, 3.63) is 35.9 Å². The van der Waals surface area contributed by atoms with Crippen LogP contribution in [-0.4, -0.2) is 47.1 Å². The van der Waals surface area contributed by atoms with Crippen LogP contribution in [0.25, 0.3) is 0 Å². The first kappa shape index (κ1) is 15.9. The van der Waals surface area contributed by atoms with Gasteiger partial charge < -0.3 is 15.7 Å². The quantitative estimate of drug-likeness (QED) is 0.727. The smallest absolute Gasteiger partial charge is 0.326 e. The second kappa shape index (κ2) is 8.05. The number of amides is 1. The summed E-state index contributed by atoms with van der Waals surface area (Å²) < 4.78 is 0. The lowest BCUT2D eigenvalue weighted by molar-refractivity contribution is -0.141. The van der Waals surface area contributed by atoms with Gasteiger partial charge in [-0.2, -0.15) is 11.8 Å². The molecule has 0 saturated carbocycles. The summed E-state index contributed by atoms with van der Waals surface area (Å²) in [7, 11) is 0. The third-order valence-electron chi connectivity index (χ3n) is 3.35. The molecule has 2 rings (SSSR count). The van der Waals surface area contributed by atoms with Gasteiger partial charge in [0.15, 0.2) is 0 Å². The highest BCUT2D eigenvalue weighted by atomic mass is 32.2. The van der Waals surface area contributed by atoms with Crippen LogP contribution in [-0.2, 0) is 16.0 Å². The molecule has 0 bridgehead atoms. The monoisotopic (exact) mass is 308 g/mol. The average Bonchev–Trinajstić information content (AvgIpc) is 2.48. The topological polar surface area (TPSA) is 78.4 Å². The highest BCUT2D eigenvalue weighted by Crippen LogP contribution is 2.10. The zero-order valence-corrected chi connectivity index (χ0v) is 12.6. The number of hydrogen-bond acceptors (Lipinski definition) is 4. The molecule has 1 saturated heterocycles. The van der Waals surface area contributed by atoms with Crippen LogP contribution in [0.4, 0.5) is 0 Å².